The van der Waals surface area contributed by atoms with Crippen LogP contribution in [0.15, 0.2) is 73.3 Å². The average molecular weight is 626 g/mol. The summed E-state index contributed by atoms with van der Waals surface area (Å²) in [4.78, 5) is 0. The molecular formula is C32H17F11O. The summed E-state index contributed by atoms with van der Waals surface area (Å²) in [7, 11) is 0. The highest BCUT2D eigenvalue weighted by Gasteiger charge is 2.42. The van der Waals surface area contributed by atoms with Crippen molar-refractivity contribution in [3.63, 3.8) is 0 Å². The first-order chi connectivity index (χ1) is 20.6. The molecule has 0 N–H and O–H groups in total. The fraction of sp³-hybridized carbons (Fsp3) is 0.125. The number of alkyl halides is 5. The smallest absolute Gasteiger partial charge is 0.429 e. The molecule has 4 aromatic rings. The maximum atomic E-state index is 14.8. The van der Waals surface area contributed by atoms with Gasteiger partial charge in [-0.1, -0.05) is 30.0 Å². The molecule has 0 atom stereocenters. The standard InChI is InChI=1S/C32H17F11O/c1-2-3-4-17-5-7-18(8-6-17)9-10-19-11-24(35)30(25(36)12-19)32(42,43)44-21-15-22(33)28(23(34)16-21)20-13-26(37)29(27(38)14-20)31(39,40)41/h2,5-8,11-16H,1,3-4H2. The van der Waals surface area contributed by atoms with E-state index in [1.165, 1.54) is 0 Å². The number of hydrogen-bond donors (Lipinski definition) is 0. The van der Waals surface area contributed by atoms with Crippen LogP contribution in [0.3, 0.4) is 0 Å². The number of halogens is 11. The minimum atomic E-state index is -5.46. The van der Waals surface area contributed by atoms with E-state index in [1.807, 2.05) is 0 Å². The fourth-order valence-corrected chi connectivity index (χ4v) is 4.16. The van der Waals surface area contributed by atoms with Crippen molar-refractivity contribution < 1.29 is 53.0 Å². The van der Waals surface area contributed by atoms with Crippen LogP contribution < -0.4 is 4.74 Å². The summed E-state index contributed by atoms with van der Waals surface area (Å²) in [6.07, 6.45) is -7.05. The monoisotopic (exact) mass is 626 g/mol. The Morgan fingerprint density at radius 3 is 1.64 bits per heavy atom. The maximum Gasteiger partial charge on any atom is 0.432 e. The van der Waals surface area contributed by atoms with Gasteiger partial charge in [0, 0.05) is 23.3 Å². The molecule has 0 radical (unpaired) electrons. The Labute approximate surface area is 243 Å². The quantitative estimate of drug-likeness (QED) is 0.113. The zero-order valence-corrected chi connectivity index (χ0v) is 22.0. The molecule has 0 amide bonds. The molecule has 0 unspecified atom stereocenters. The Morgan fingerprint density at radius 1 is 0.636 bits per heavy atom. The summed E-state index contributed by atoms with van der Waals surface area (Å²) in [6.45, 7) is 3.63. The van der Waals surface area contributed by atoms with E-state index in [9.17, 15) is 48.3 Å². The van der Waals surface area contributed by atoms with Crippen molar-refractivity contribution in [2.75, 3.05) is 0 Å². The number of aryl methyl sites for hydroxylation is 1. The second kappa shape index (κ2) is 12.4. The maximum absolute atomic E-state index is 14.8. The summed E-state index contributed by atoms with van der Waals surface area (Å²) < 4.78 is 159. The van der Waals surface area contributed by atoms with Gasteiger partial charge in [-0.15, -0.1) is 6.58 Å². The Bertz CT molecular complexity index is 1710. The van der Waals surface area contributed by atoms with Crippen LogP contribution in [0.4, 0.5) is 48.3 Å². The van der Waals surface area contributed by atoms with E-state index < -0.39 is 75.2 Å². The van der Waals surface area contributed by atoms with Crippen molar-refractivity contribution in [3.05, 3.63) is 136 Å². The van der Waals surface area contributed by atoms with E-state index in [0.717, 1.165) is 18.4 Å². The predicted molar refractivity (Wildman–Crippen MR) is 139 cm³/mol. The summed E-state index contributed by atoms with van der Waals surface area (Å²) in [5.74, 6) is -7.76. The summed E-state index contributed by atoms with van der Waals surface area (Å²) in [6, 6.07) is 8.07. The zero-order chi connectivity index (χ0) is 32.4. The lowest BCUT2D eigenvalue weighted by atomic mass is 10.0. The molecule has 12 heteroatoms. The number of ether oxygens (including phenoxy) is 1. The van der Waals surface area contributed by atoms with Gasteiger partial charge in [-0.25, -0.2) is 26.3 Å². The summed E-state index contributed by atoms with van der Waals surface area (Å²) in [5.41, 5.74) is -5.37. The first-order valence-corrected chi connectivity index (χ1v) is 12.4. The number of allylic oxidation sites excluding steroid dienone is 1. The molecule has 4 rings (SSSR count). The Morgan fingerprint density at radius 2 is 1.14 bits per heavy atom. The number of benzene rings is 4. The Hall–Kier alpha value is -4.79. The zero-order valence-electron chi connectivity index (χ0n) is 22.0. The third kappa shape index (κ3) is 7.05. The van der Waals surface area contributed by atoms with Gasteiger partial charge in [-0.3, -0.25) is 0 Å². The normalized spacial score (nSPS) is 11.6. The highest BCUT2D eigenvalue weighted by atomic mass is 19.4. The molecule has 0 fully saturated rings. The number of hydrogen-bond acceptors (Lipinski definition) is 1. The van der Waals surface area contributed by atoms with E-state index in [0.29, 0.717) is 17.7 Å². The van der Waals surface area contributed by atoms with Crippen molar-refractivity contribution in [1.82, 2.24) is 0 Å². The van der Waals surface area contributed by atoms with Crippen LogP contribution in [0, 0.1) is 46.7 Å². The molecule has 4 aromatic carbocycles. The summed E-state index contributed by atoms with van der Waals surface area (Å²) in [5, 5.41) is 0. The van der Waals surface area contributed by atoms with Crippen molar-refractivity contribution >= 4 is 0 Å². The van der Waals surface area contributed by atoms with E-state index in [1.54, 1.807) is 30.3 Å². The second-order valence-corrected chi connectivity index (χ2v) is 9.28. The first-order valence-electron chi connectivity index (χ1n) is 12.4. The SMILES string of the molecule is C=CCCc1ccc(C#Cc2cc(F)c(C(F)(F)Oc3cc(F)c(-c4cc(F)c(C(F)(F)F)c(F)c4)c(F)c3)c(F)c2)cc1. The van der Waals surface area contributed by atoms with Crippen LogP contribution in [0.5, 0.6) is 5.75 Å². The first kappa shape index (κ1) is 32.1. The van der Waals surface area contributed by atoms with E-state index in [-0.39, 0.29) is 29.8 Å². The average Bonchev–Trinajstić information content (AvgIpc) is 2.89. The summed E-state index contributed by atoms with van der Waals surface area (Å²) >= 11 is 0. The van der Waals surface area contributed by atoms with Gasteiger partial charge in [0.2, 0.25) is 0 Å². The molecule has 0 saturated carbocycles. The van der Waals surface area contributed by atoms with Crippen LogP contribution in [0.2, 0.25) is 0 Å². The van der Waals surface area contributed by atoms with E-state index >= 15 is 0 Å². The molecule has 0 bridgehead atoms. The van der Waals surface area contributed by atoms with Gasteiger partial charge in [0.05, 0.1) is 5.56 Å². The van der Waals surface area contributed by atoms with Gasteiger partial charge in [-0.05, 0) is 60.4 Å². The lowest BCUT2D eigenvalue weighted by Gasteiger charge is -2.20. The molecule has 0 saturated heterocycles. The van der Waals surface area contributed by atoms with Crippen molar-refractivity contribution in [2.24, 2.45) is 0 Å². The van der Waals surface area contributed by atoms with Gasteiger partial charge in [0.1, 0.15) is 51.8 Å². The second-order valence-electron chi connectivity index (χ2n) is 9.28. The molecule has 0 aliphatic heterocycles. The largest absolute Gasteiger partial charge is 0.432 e. The predicted octanol–water partition coefficient (Wildman–Crippen LogP) is 9.85. The molecule has 0 spiro atoms. The molecule has 0 aliphatic carbocycles. The number of rotatable bonds is 7. The molecule has 0 aromatic heterocycles. The van der Waals surface area contributed by atoms with Gasteiger partial charge in [0.15, 0.2) is 0 Å². The third-order valence-electron chi connectivity index (χ3n) is 6.15. The van der Waals surface area contributed by atoms with Gasteiger partial charge >= 0.3 is 12.3 Å². The van der Waals surface area contributed by atoms with Gasteiger partial charge in [-0.2, -0.15) is 22.0 Å². The molecule has 228 valence electrons. The molecule has 44 heavy (non-hydrogen) atoms. The van der Waals surface area contributed by atoms with Crippen LogP contribution in [0.25, 0.3) is 11.1 Å². The Balaban J connectivity index is 1.59. The minimum absolute atomic E-state index is 0.00284. The highest BCUT2D eigenvalue weighted by Crippen LogP contribution is 2.40. The molecule has 1 nitrogen and oxygen atoms in total. The minimum Gasteiger partial charge on any atom is -0.429 e. The third-order valence-corrected chi connectivity index (χ3v) is 6.15. The molecular weight excluding hydrogens is 609 g/mol. The lowest BCUT2D eigenvalue weighted by molar-refractivity contribution is -0.189. The lowest BCUT2D eigenvalue weighted by Crippen LogP contribution is -2.25. The van der Waals surface area contributed by atoms with Crippen molar-refractivity contribution in [3.8, 4) is 28.7 Å². The van der Waals surface area contributed by atoms with Crippen molar-refractivity contribution in [2.45, 2.75) is 25.1 Å². The fourth-order valence-electron chi connectivity index (χ4n) is 4.16. The van der Waals surface area contributed by atoms with Crippen LogP contribution in [-0.4, -0.2) is 0 Å². The highest BCUT2D eigenvalue weighted by molar-refractivity contribution is 5.67. The van der Waals surface area contributed by atoms with Gasteiger partial charge in [0.25, 0.3) is 0 Å². The van der Waals surface area contributed by atoms with E-state index in [2.05, 4.69) is 23.2 Å². The topological polar surface area (TPSA) is 9.23 Å². The van der Waals surface area contributed by atoms with Crippen LogP contribution >= 0.6 is 0 Å². The van der Waals surface area contributed by atoms with E-state index in [4.69, 9.17) is 0 Å². The molecule has 0 heterocycles. The van der Waals surface area contributed by atoms with Crippen LogP contribution in [-0.2, 0) is 18.7 Å². The van der Waals surface area contributed by atoms with Crippen LogP contribution in [0.1, 0.15) is 34.2 Å². The molecule has 0 aliphatic rings. The van der Waals surface area contributed by atoms with Gasteiger partial charge < -0.3 is 4.74 Å². The van der Waals surface area contributed by atoms with Crippen molar-refractivity contribution in [1.29, 1.82) is 0 Å². The Kier molecular flexibility index (Phi) is 9.09.